The molecule has 16 heteroatoms. The van der Waals surface area contributed by atoms with E-state index in [0.717, 1.165) is 43.9 Å². The number of carbonyl (C=O) groups excluding carboxylic acids is 1. The van der Waals surface area contributed by atoms with Crippen molar-refractivity contribution < 1.29 is 37.2 Å². The van der Waals surface area contributed by atoms with Crippen LogP contribution in [0.25, 0.3) is 10.9 Å². The van der Waals surface area contributed by atoms with E-state index in [1.165, 1.54) is 29.3 Å². The highest BCUT2D eigenvalue weighted by molar-refractivity contribution is 7.46. The third-order valence-corrected chi connectivity index (χ3v) is 7.26. The fourth-order valence-corrected chi connectivity index (χ4v) is 5.15. The zero-order valence-corrected chi connectivity index (χ0v) is 23.8. The summed E-state index contributed by atoms with van der Waals surface area (Å²) in [6.07, 6.45) is 6.12. The number of carbonyl (C=O) groups is 1. The van der Waals surface area contributed by atoms with Gasteiger partial charge in [0.15, 0.2) is 11.6 Å². The topological polar surface area (TPSA) is 164 Å². The highest BCUT2D eigenvalue weighted by atomic mass is 31.2. The van der Waals surface area contributed by atoms with Crippen molar-refractivity contribution in [3.8, 4) is 5.75 Å². The summed E-state index contributed by atoms with van der Waals surface area (Å²) in [4.78, 5) is 40.9. The first-order chi connectivity index (χ1) is 20.6. The van der Waals surface area contributed by atoms with Crippen molar-refractivity contribution in [3.05, 3.63) is 66.8 Å². The van der Waals surface area contributed by atoms with E-state index in [1.54, 1.807) is 6.20 Å². The van der Waals surface area contributed by atoms with Crippen LogP contribution in [-0.4, -0.2) is 73.2 Å². The van der Waals surface area contributed by atoms with E-state index in [1.807, 2.05) is 18.2 Å². The van der Waals surface area contributed by atoms with Gasteiger partial charge in [0.2, 0.25) is 5.91 Å². The molecule has 0 spiro atoms. The number of hydrogen-bond acceptors (Lipinski definition) is 9. The maximum Gasteiger partial charge on any atom is 0.469 e. The van der Waals surface area contributed by atoms with Crippen LogP contribution in [0.3, 0.4) is 0 Å². The van der Waals surface area contributed by atoms with Gasteiger partial charge in [-0.15, -0.1) is 0 Å². The molecule has 0 saturated carbocycles. The van der Waals surface area contributed by atoms with Crippen molar-refractivity contribution in [2.24, 2.45) is 5.92 Å². The Morgan fingerprint density at radius 1 is 1.19 bits per heavy atom. The van der Waals surface area contributed by atoms with Crippen LogP contribution < -0.4 is 15.4 Å². The number of aromatic nitrogens is 4. The van der Waals surface area contributed by atoms with Crippen LogP contribution in [0.1, 0.15) is 12.8 Å². The molecule has 0 aliphatic carbocycles. The summed E-state index contributed by atoms with van der Waals surface area (Å²) in [5.74, 6) is -1.48. The average Bonchev–Trinajstić information content (AvgIpc) is 3.61. The quantitative estimate of drug-likeness (QED) is 0.128. The minimum atomic E-state index is -4.44. The summed E-state index contributed by atoms with van der Waals surface area (Å²) in [5, 5.41) is 10.4. The molecule has 1 unspecified atom stereocenters. The molecule has 1 saturated heterocycles. The van der Waals surface area contributed by atoms with Gasteiger partial charge in [0, 0.05) is 30.7 Å². The number of amides is 1. The fraction of sp³-hybridized carbons (Fsp3) is 0.333. The Balaban J connectivity index is 1.10. The summed E-state index contributed by atoms with van der Waals surface area (Å²) >= 11 is 0. The van der Waals surface area contributed by atoms with Crippen LogP contribution in [0.5, 0.6) is 5.75 Å². The van der Waals surface area contributed by atoms with Crippen molar-refractivity contribution in [1.82, 2.24) is 24.6 Å². The molecule has 228 valence electrons. The SMILES string of the molecule is O=C(Cn1cc(Nc2ncnc3cc(OCCCN4CCC(COP(=O)(O)O)C4)ccc23)cn1)Nc1cccc(F)c1F. The van der Waals surface area contributed by atoms with Gasteiger partial charge in [0.05, 0.1) is 36.3 Å². The average molecular weight is 618 g/mol. The molecule has 5 rings (SSSR count). The lowest BCUT2D eigenvalue weighted by Gasteiger charge is -2.16. The fourth-order valence-electron chi connectivity index (χ4n) is 4.75. The Labute approximate surface area is 245 Å². The Kier molecular flexibility index (Phi) is 9.58. The number of hydrogen-bond donors (Lipinski definition) is 4. The van der Waals surface area contributed by atoms with Crippen LogP contribution in [0.2, 0.25) is 0 Å². The van der Waals surface area contributed by atoms with Crippen molar-refractivity contribution in [3.63, 3.8) is 0 Å². The zero-order valence-electron chi connectivity index (χ0n) is 22.9. The second kappa shape index (κ2) is 13.5. The van der Waals surface area contributed by atoms with Crippen molar-refractivity contribution in [2.75, 3.05) is 43.5 Å². The molecule has 2 aromatic heterocycles. The second-order valence-electron chi connectivity index (χ2n) is 10.0. The molecular weight excluding hydrogens is 587 g/mol. The normalized spacial score (nSPS) is 15.6. The largest absolute Gasteiger partial charge is 0.493 e. The summed E-state index contributed by atoms with van der Waals surface area (Å²) in [6.45, 7) is 2.69. The van der Waals surface area contributed by atoms with E-state index >= 15 is 0 Å². The third kappa shape index (κ3) is 8.52. The lowest BCUT2D eigenvalue weighted by Crippen LogP contribution is -2.24. The molecule has 0 radical (unpaired) electrons. The number of ether oxygens (including phenoxy) is 1. The van der Waals surface area contributed by atoms with Crippen LogP contribution in [-0.2, 0) is 20.4 Å². The maximum atomic E-state index is 13.8. The summed E-state index contributed by atoms with van der Waals surface area (Å²) in [7, 11) is -4.44. The maximum absolute atomic E-state index is 13.8. The number of fused-ring (bicyclic) bond motifs is 1. The first kappa shape index (κ1) is 30.4. The molecule has 1 aliphatic heterocycles. The Bertz CT molecular complexity index is 1630. The van der Waals surface area contributed by atoms with E-state index in [-0.39, 0.29) is 24.8 Å². The number of likely N-dealkylation sites (tertiary alicyclic amines) is 1. The molecule has 13 nitrogen and oxygen atoms in total. The predicted molar refractivity (Wildman–Crippen MR) is 153 cm³/mol. The molecule has 1 fully saturated rings. The number of rotatable bonds is 13. The lowest BCUT2D eigenvalue weighted by molar-refractivity contribution is -0.116. The Morgan fingerprint density at radius 3 is 2.88 bits per heavy atom. The lowest BCUT2D eigenvalue weighted by atomic mass is 10.1. The van der Waals surface area contributed by atoms with Gasteiger partial charge in [-0.1, -0.05) is 6.07 Å². The van der Waals surface area contributed by atoms with E-state index in [4.69, 9.17) is 14.5 Å². The molecule has 0 bridgehead atoms. The molecule has 1 amide bonds. The third-order valence-electron chi connectivity index (χ3n) is 6.77. The summed E-state index contributed by atoms with van der Waals surface area (Å²) < 4.78 is 50.0. The molecule has 4 N–H and O–H groups in total. The first-order valence-corrected chi connectivity index (χ1v) is 15.0. The molecule has 43 heavy (non-hydrogen) atoms. The number of nitrogens with zero attached hydrogens (tertiary/aromatic N) is 5. The number of benzene rings is 2. The van der Waals surface area contributed by atoms with Crippen LogP contribution in [0.15, 0.2) is 55.1 Å². The standard InChI is InChI=1S/C27H30F2N7O6P/c28-22-3-1-4-23(26(22)29)34-25(37)15-36-14-19(12-32-36)33-27-21-6-5-20(11-24(21)30-17-31-27)41-10-2-8-35-9-7-18(13-35)16-42-43(38,39)40/h1,3-6,11-12,14,17-18H,2,7-10,13,15-16H2,(H,34,37)(H,30,31,33)(H2,38,39,40). The van der Waals surface area contributed by atoms with Crippen molar-refractivity contribution >= 4 is 41.8 Å². The van der Waals surface area contributed by atoms with Gasteiger partial charge in [-0.2, -0.15) is 5.10 Å². The van der Waals surface area contributed by atoms with Gasteiger partial charge in [-0.3, -0.25) is 14.0 Å². The Morgan fingerprint density at radius 2 is 2.05 bits per heavy atom. The highest BCUT2D eigenvalue weighted by Crippen LogP contribution is 2.37. The smallest absolute Gasteiger partial charge is 0.469 e. The number of phosphoric ester groups is 1. The van der Waals surface area contributed by atoms with E-state index < -0.39 is 25.4 Å². The van der Waals surface area contributed by atoms with Gasteiger partial charge >= 0.3 is 7.82 Å². The number of anilines is 3. The van der Waals surface area contributed by atoms with Gasteiger partial charge in [0.1, 0.15) is 24.4 Å². The van der Waals surface area contributed by atoms with Crippen LogP contribution in [0.4, 0.5) is 26.0 Å². The minimum Gasteiger partial charge on any atom is -0.493 e. The minimum absolute atomic E-state index is 0.0485. The Hall–Kier alpha value is -4.01. The van der Waals surface area contributed by atoms with E-state index in [9.17, 15) is 18.1 Å². The van der Waals surface area contributed by atoms with Crippen LogP contribution in [0, 0.1) is 17.6 Å². The molecule has 1 aliphatic rings. The van der Waals surface area contributed by atoms with Gasteiger partial charge in [0.25, 0.3) is 0 Å². The van der Waals surface area contributed by atoms with Gasteiger partial charge in [-0.05, 0) is 49.6 Å². The zero-order chi connectivity index (χ0) is 30.4. The molecule has 4 aromatic rings. The van der Waals surface area contributed by atoms with Crippen molar-refractivity contribution in [1.29, 1.82) is 0 Å². The molecular formula is C27H30F2N7O6P. The van der Waals surface area contributed by atoms with Crippen LogP contribution >= 0.6 is 7.82 Å². The molecule has 3 heterocycles. The molecule has 2 aromatic carbocycles. The number of phosphoric acid groups is 1. The number of halogens is 2. The first-order valence-electron chi connectivity index (χ1n) is 13.5. The summed E-state index contributed by atoms with van der Waals surface area (Å²) in [5.41, 5.74) is 0.967. The monoisotopic (exact) mass is 617 g/mol. The number of nitrogens with one attached hydrogen (secondary N) is 2. The van der Waals surface area contributed by atoms with Crippen molar-refractivity contribution in [2.45, 2.75) is 19.4 Å². The second-order valence-corrected chi connectivity index (χ2v) is 11.3. The van der Waals surface area contributed by atoms with Gasteiger partial charge < -0.3 is 30.1 Å². The summed E-state index contributed by atoms with van der Waals surface area (Å²) in [6, 6.07) is 9.01. The predicted octanol–water partition coefficient (Wildman–Crippen LogP) is 3.69. The van der Waals surface area contributed by atoms with Gasteiger partial charge in [-0.25, -0.2) is 23.3 Å². The molecule has 1 atom stereocenters. The van der Waals surface area contributed by atoms with E-state index in [2.05, 4.69) is 35.1 Å². The highest BCUT2D eigenvalue weighted by Gasteiger charge is 2.25. The van der Waals surface area contributed by atoms with E-state index in [0.29, 0.717) is 29.4 Å².